The molecule has 31 heavy (non-hydrogen) atoms. The van der Waals surface area contributed by atoms with Crippen molar-refractivity contribution in [3.63, 3.8) is 0 Å². The summed E-state index contributed by atoms with van der Waals surface area (Å²) in [5, 5.41) is 6.29. The van der Waals surface area contributed by atoms with Crippen molar-refractivity contribution >= 4 is 17.4 Å². The van der Waals surface area contributed by atoms with Gasteiger partial charge in [0.05, 0.1) is 5.69 Å². The number of carbonyl (C=O) groups is 1. The van der Waals surface area contributed by atoms with E-state index in [1.54, 1.807) is 0 Å². The van der Waals surface area contributed by atoms with Crippen LogP contribution in [0.15, 0.2) is 91.0 Å². The number of hydrogen-bond acceptors (Lipinski definition) is 4. The molecule has 0 atom stereocenters. The number of aryl methyl sites for hydroxylation is 1. The molecule has 0 spiro atoms. The first-order valence-electron chi connectivity index (χ1n) is 10.3. The van der Waals surface area contributed by atoms with Gasteiger partial charge in [0, 0.05) is 29.4 Å². The lowest BCUT2D eigenvalue weighted by atomic mass is 10.1. The van der Waals surface area contributed by atoms with Crippen LogP contribution in [0.5, 0.6) is 0 Å². The second-order valence-corrected chi connectivity index (χ2v) is 7.25. The molecule has 5 nitrogen and oxygen atoms in total. The Kier molecular flexibility index (Phi) is 6.33. The van der Waals surface area contributed by atoms with E-state index in [-0.39, 0.29) is 5.91 Å². The van der Waals surface area contributed by atoms with Gasteiger partial charge in [-0.1, -0.05) is 66.7 Å². The van der Waals surface area contributed by atoms with Gasteiger partial charge in [-0.2, -0.15) is 0 Å². The normalized spacial score (nSPS) is 10.5. The van der Waals surface area contributed by atoms with Crippen LogP contribution in [0.25, 0.3) is 11.3 Å². The van der Waals surface area contributed by atoms with E-state index in [2.05, 4.69) is 32.7 Å². The van der Waals surface area contributed by atoms with Crippen LogP contribution in [0, 0.1) is 6.92 Å². The number of anilines is 2. The maximum Gasteiger partial charge on any atom is 0.251 e. The highest BCUT2D eigenvalue weighted by molar-refractivity contribution is 5.95. The van der Waals surface area contributed by atoms with Gasteiger partial charge in [0.25, 0.3) is 5.91 Å². The molecule has 0 radical (unpaired) electrons. The van der Waals surface area contributed by atoms with Crippen LogP contribution in [0.1, 0.15) is 21.7 Å². The number of rotatable bonds is 7. The number of hydrogen-bond donors (Lipinski definition) is 2. The van der Waals surface area contributed by atoms with E-state index in [1.807, 2.05) is 85.8 Å². The van der Waals surface area contributed by atoms with Crippen molar-refractivity contribution in [1.29, 1.82) is 0 Å². The van der Waals surface area contributed by atoms with Gasteiger partial charge < -0.3 is 10.6 Å². The fraction of sp³-hybridized carbons (Fsp3) is 0.115. The summed E-state index contributed by atoms with van der Waals surface area (Å²) in [7, 11) is 0. The zero-order chi connectivity index (χ0) is 21.5. The molecule has 0 fully saturated rings. The van der Waals surface area contributed by atoms with Gasteiger partial charge in [0.2, 0.25) is 0 Å². The molecule has 0 aliphatic rings. The lowest BCUT2D eigenvalue weighted by Crippen LogP contribution is -2.25. The second kappa shape index (κ2) is 9.67. The van der Waals surface area contributed by atoms with Crippen molar-refractivity contribution in [3.8, 4) is 11.3 Å². The van der Waals surface area contributed by atoms with Crippen molar-refractivity contribution in [2.24, 2.45) is 0 Å². The Balaban J connectivity index is 1.44. The summed E-state index contributed by atoms with van der Waals surface area (Å²) >= 11 is 0. The monoisotopic (exact) mass is 408 g/mol. The molecule has 4 rings (SSSR count). The van der Waals surface area contributed by atoms with Crippen LogP contribution in [-0.2, 0) is 6.42 Å². The maximum absolute atomic E-state index is 12.6. The lowest BCUT2D eigenvalue weighted by Gasteiger charge is -2.11. The Bertz CT molecular complexity index is 1160. The molecule has 0 saturated carbocycles. The van der Waals surface area contributed by atoms with Gasteiger partial charge in [-0.05, 0) is 37.1 Å². The largest absolute Gasteiger partial charge is 0.352 e. The smallest absolute Gasteiger partial charge is 0.251 e. The summed E-state index contributed by atoms with van der Waals surface area (Å²) in [6.45, 7) is 2.46. The third kappa shape index (κ3) is 5.54. The molecular weight excluding hydrogens is 384 g/mol. The third-order valence-electron chi connectivity index (χ3n) is 4.85. The van der Waals surface area contributed by atoms with Gasteiger partial charge in [-0.3, -0.25) is 4.79 Å². The minimum absolute atomic E-state index is 0.0941. The molecule has 0 aliphatic carbocycles. The highest BCUT2D eigenvalue weighted by Crippen LogP contribution is 2.22. The Morgan fingerprint density at radius 1 is 0.839 bits per heavy atom. The van der Waals surface area contributed by atoms with Crippen molar-refractivity contribution in [1.82, 2.24) is 15.3 Å². The van der Waals surface area contributed by atoms with Crippen LogP contribution in [0.4, 0.5) is 11.5 Å². The number of benzene rings is 3. The molecule has 0 aliphatic heterocycles. The molecule has 4 aromatic rings. The van der Waals surface area contributed by atoms with Crippen molar-refractivity contribution in [2.45, 2.75) is 13.3 Å². The average Bonchev–Trinajstić information content (AvgIpc) is 2.80. The van der Waals surface area contributed by atoms with E-state index in [1.165, 1.54) is 5.56 Å². The lowest BCUT2D eigenvalue weighted by molar-refractivity contribution is 0.0954. The molecule has 2 N–H and O–H groups in total. The van der Waals surface area contributed by atoms with Crippen LogP contribution < -0.4 is 10.6 Å². The highest BCUT2D eigenvalue weighted by Gasteiger charge is 2.08. The number of nitrogens with one attached hydrogen (secondary N) is 2. The van der Waals surface area contributed by atoms with Gasteiger partial charge in [0.1, 0.15) is 11.6 Å². The second-order valence-electron chi connectivity index (χ2n) is 7.25. The van der Waals surface area contributed by atoms with E-state index in [0.29, 0.717) is 23.8 Å². The summed E-state index contributed by atoms with van der Waals surface area (Å²) in [5.41, 5.74) is 4.49. The van der Waals surface area contributed by atoms with E-state index in [4.69, 9.17) is 0 Å². The van der Waals surface area contributed by atoms with E-state index < -0.39 is 0 Å². The van der Waals surface area contributed by atoms with Crippen molar-refractivity contribution < 1.29 is 4.79 Å². The fourth-order valence-electron chi connectivity index (χ4n) is 3.34. The van der Waals surface area contributed by atoms with E-state index in [0.717, 1.165) is 23.4 Å². The Labute approximate surface area is 182 Å². The summed E-state index contributed by atoms with van der Waals surface area (Å²) in [6, 6.07) is 29.4. The van der Waals surface area contributed by atoms with Crippen molar-refractivity contribution in [3.05, 3.63) is 108 Å². The minimum Gasteiger partial charge on any atom is -0.352 e. The van der Waals surface area contributed by atoms with Crippen LogP contribution in [-0.4, -0.2) is 22.4 Å². The number of carbonyl (C=O) groups excluding carboxylic acids is 1. The number of amides is 1. The molecule has 1 amide bonds. The molecule has 0 bridgehead atoms. The standard InChI is InChI=1S/C26H24N4O/c1-19-28-24(21-11-6-3-7-12-21)18-25(29-19)30-23-14-8-13-22(17-23)26(31)27-16-15-20-9-4-2-5-10-20/h2-14,17-18H,15-16H2,1H3,(H,27,31)(H,28,29,30). The predicted octanol–water partition coefficient (Wildman–Crippen LogP) is 5.17. The maximum atomic E-state index is 12.6. The number of nitrogens with zero attached hydrogens (tertiary/aromatic N) is 2. The number of aromatic nitrogens is 2. The average molecular weight is 409 g/mol. The van der Waals surface area contributed by atoms with Crippen molar-refractivity contribution in [2.75, 3.05) is 11.9 Å². The zero-order valence-electron chi connectivity index (χ0n) is 17.4. The topological polar surface area (TPSA) is 66.9 Å². The molecular formula is C26H24N4O. The molecule has 0 unspecified atom stereocenters. The Morgan fingerprint density at radius 3 is 2.35 bits per heavy atom. The SMILES string of the molecule is Cc1nc(Nc2cccc(C(=O)NCCc3ccccc3)c2)cc(-c2ccccc2)n1. The summed E-state index contributed by atoms with van der Waals surface area (Å²) in [4.78, 5) is 21.6. The minimum atomic E-state index is -0.0941. The Morgan fingerprint density at radius 2 is 1.58 bits per heavy atom. The van der Waals surface area contributed by atoms with Crippen LogP contribution in [0.3, 0.4) is 0 Å². The van der Waals surface area contributed by atoms with Gasteiger partial charge in [-0.15, -0.1) is 0 Å². The van der Waals surface area contributed by atoms with E-state index in [9.17, 15) is 4.79 Å². The quantitative estimate of drug-likeness (QED) is 0.443. The van der Waals surface area contributed by atoms with Crippen LogP contribution in [0.2, 0.25) is 0 Å². The molecule has 0 saturated heterocycles. The molecule has 1 heterocycles. The van der Waals surface area contributed by atoms with Gasteiger partial charge in [-0.25, -0.2) is 9.97 Å². The first-order valence-corrected chi connectivity index (χ1v) is 10.3. The van der Waals surface area contributed by atoms with Crippen LogP contribution >= 0.6 is 0 Å². The third-order valence-corrected chi connectivity index (χ3v) is 4.85. The first-order chi connectivity index (χ1) is 15.2. The first kappa shape index (κ1) is 20.3. The highest BCUT2D eigenvalue weighted by atomic mass is 16.1. The Hall–Kier alpha value is -3.99. The molecule has 3 aromatic carbocycles. The molecule has 1 aromatic heterocycles. The summed E-state index contributed by atoms with van der Waals surface area (Å²) in [5.74, 6) is 1.27. The molecule has 154 valence electrons. The fourth-order valence-corrected chi connectivity index (χ4v) is 3.34. The zero-order valence-corrected chi connectivity index (χ0v) is 17.4. The van der Waals surface area contributed by atoms with Gasteiger partial charge in [0.15, 0.2) is 0 Å². The molecule has 5 heteroatoms. The van der Waals surface area contributed by atoms with Gasteiger partial charge >= 0.3 is 0 Å². The predicted molar refractivity (Wildman–Crippen MR) is 124 cm³/mol. The van der Waals surface area contributed by atoms with E-state index >= 15 is 0 Å². The summed E-state index contributed by atoms with van der Waals surface area (Å²) < 4.78 is 0. The summed E-state index contributed by atoms with van der Waals surface area (Å²) in [6.07, 6.45) is 0.799.